The van der Waals surface area contributed by atoms with E-state index in [-0.39, 0.29) is 10.8 Å². The minimum Gasteiger partial charge on any atom is -0.313 e. The fourth-order valence-electron chi connectivity index (χ4n) is 6.07. The predicted octanol–water partition coefficient (Wildman–Crippen LogP) is 3.83. The number of aldehydes is 1. The molecule has 0 bridgehead atoms. The van der Waals surface area contributed by atoms with Crippen LogP contribution >= 0.6 is 0 Å². The zero-order valence-electron chi connectivity index (χ0n) is 16.7. The molecule has 1 saturated heterocycles. The van der Waals surface area contributed by atoms with Gasteiger partial charge in [0.15, 0.2) is 0 Å². The van der Waals surface area contributed by atoms with Crippen molar-refractivity contribution < 1.29 is 4.79 Å². The molecule has 3 atom stereocenters. The topological polar surface area (TPSA) is 32.3 Å². The second kappa shape index (κ2) is 6.76. The van der Waals surface area contributed by atoms with Gasteiger partial charge < -0.3 is 10.1 Å². The predicted molar refractivity (Wildman–Crippen MR) is 106 cm³/mol. The molecular formula is C23H34N2O. The van der Waals surface area contributed by atoms with Crippen LogP contribution in [-0.2, 0) is 16.8 Å². The highest BCUT2D eigenvalue weighted by Gasteiger charge is 2.57. The molecule has 2 aliphatic heterocycles. The summed E-state index contributed by atoms with van der Waals surface area (Å²) >= 11 is 0. The van der Waals surface area contributed by atoms with Crippen molar-refractivity contribution in [2.24, 2.45) is 11.3 Å². The van der Waals surface area contributed by atoms with Crippen LogP contribution in [0.1, 0.15) is 62.6 Å². The number of benzene rings is 1. The molecule has 3 aliphatic rings. The number of carbonyl (C=O) groups is 1. The molecule has 1 N–H and O–H groups in total. The maximum Gasteiger partial charge on any atom is 0.120 e. The Hall–Kier alpha value is -1.19. The third kappa shape index (κ3) is 2.75. The highest BCUT2D eigenvalue weighted by atomic mass is 16.1. The van der Waals surface area contributed by atoms with E-state index in [9.17, 15) is 4.79 Å². The summed E-state index contributed by atoms with van der Waals surface area (Å²) in [5, 5.41) is 3.67. The van der Waals surface area contributed by atoms with E-state index in [1.165, 1.54) is 42.4 Å². The number of rotatable bonds is 4. The minimum atomic E-state index is -0.0308. The van der Waals surface area contributed by atoms with Crippen molar-refractivity contribution in [1.82, 2.24) is 10.2 Å². The lowest BCUT2D eigenvalue weighted by Crippen LogP contribution is -2.63. The molecule has 3 heteroatoms. The van der Waals surface area contributed by atoms with Crippen LogP contribution < -0.4 is 5.32 Å². The molecule has 3 unspecified atom stereocenters. The maximum absolute atomic E-state index is 11.9. The van der Waals surface area contributed by atoms with E-state index in [0.717, 1.165) is 38.4 Å². The molecular weight excluding hydrogens is 320 g/mol. The van der Waals surface area contributed by atoms with E-state index in [0.29, 0.717) is 12.5 Å². The molecule has 4 rings (SSSR count). The Morgan fingerprint density at radius 2 is 2.12 bits per heavy atom. The zero-order valence-corrected chi connectivity index (χ0v) is 16.7. The van der Waals surface area contributed by atoms with Gasteiger partial charge in [0.2, 0.25) is 0 Å². The van der Waals surface area contributed by atoms with Gasteiger partial charge in [0.25, 0.3) is 0 Å². The average molecular weight is 355 g/mol. The van der Waals surface area contributed by atoms with Crippen LogP contribution in [0.2, 0.25) is 0 Å². The van der Waals surface area contributed by atoms with Crippen LogP contribution in [0.4, 0.5) is 0 Å². The molecule has 1 aliphatic carbocycles. The Labute approximate surface area is 158 Å². The second-order valence-corrected chi connectivity index (χ2v) is 9.27. The number of nitrogens with zero attached hydrogens (tertiary/aromatic N) is 1. The number of likely N-dealkylation sites (tertiary alicyclic amines) is 1. The SMILES string of the molecule is Cc1cccc2c1C1(CC=O)CCN(CC3CC3)C(C)C1(C)CCNC2. The van der Waals surface area contributed by atoms with Crippen LogP contribution in [0.3, 0.4) is 0 Å². The summed E-state index contributed by atoms with van der Waals surface area (Å²) in [5.41, 5.74) is 4.31. The molecule has 3 nitrogen and oxygen atoms in total. The molecule has 142 valence electrons. The van der Waals surface area contributed by atoms with Gasteiger partial charge in [-0.2, -0.15) is 0 Å². The molecule has 0 spiro atoms. The number of fused-ring (bicyclic) bond motifs is 3. The van der Waals surface area contributed by atoms with Crippen LogP contribution in [-0.4, -0.2) is 36.9 Å². The highest BCUT2D eigenvalue weighted by Crippen LogP contribution is 2.57. The number of aryl methyl sites for hydroxylation is 1. The standard InChI is InChI=1S/C23H34N2O/c1-17-5-4-6-20-15-24-12-9-22(3)18(2)25(16-19-7-8-19)13-10-23(22,11-14-26)21(17)20/h4-6,14,18-19,24H,7-13,15-16H2,1-3H3. The van der Waals surface area contributed by atoms with E-state index in [2.05, 4.69) is 49.2 Å². The third-order valence-electron chi connectivity index (χ3n) is 7.98. The van der Waals surface area contributed by atoms with Gasteiger partial charge in [0.05, 0.1) is 0 Å². The first-order valence-corrected chi connectivity index (χ1v) is 10.5. The Kier molecular flexibility index (Phi) is 4.73. The van der Waals surface area contributed by atoms with Crippen molar-refractivity contribution in [3.05, 3.63) is 34.9 Å². The van der Waals surface area contributed by atoms with Crippen LogP contribution in [0, 0.1) is 18.3 Å². The first-order chi connectivity index (χ1) is 12.5. The highest BCUT2D eigenvalue weighted by molar-refractivity contribution is 5.57. The monoisotopic (exact) mass is 354 g/mol. The van der Waals surface area contributed by atoms with E-state index in [1.54, 1.807) is 0 Å². The van der Waals surface area contributed by atoms with Gasteiger partial charge in [-0.25, -0.2) is 0 Å². The van der Waals surface area contributed by atoms with Crippen molar-refractivity contribution in [2.45, 2.75) is 70.9 Å². The summed E-state index contributed by atoms with van der Waals surface area (Å²) in [6.45, 7) is 11.5. The smallest absolute Gasteiger partial charge is 0.120 e. The summed E-state index contributed by atoms with van der Waals surface area (Å²) in [6, 6.07) is 7.20. The molecule has 2 fully saturated rings. The Morgan fingerprint density at radius 3 is 2.85 bits per heavy atom. The number of hydrogen-bond donors (Lipinski definition) is 1. The lowest BCUT2D eigenvalue weighted by atomic mass is 9.50. The summed E-state index contributed by atoms with van der Waals surface area (Å²) in [5.74, 6) is 0.917. The molecule has 0 aromatic heterocycles. The largest absolute Gasteiger partial charge is 0.313 e. The quantitative estimate of drug-likeness (QED) is 0.834. The second-order valence-electron chi connectivity index (χ2n) is 9.27. The lowest BCUT2D eigenvalue weighted by molar-refractivity contribution is -0.114. The fourth-order valence-corrected chi connectivity index (χ4v) is 6.07. The third-order valence-corrected chi connectivity index (χ3v) is 7.98. The van der Waals surface area contributed by atoms with E-state index in [1.807, 2.05) is 0 Å². The number of hydrogen-bond acceptors (Lipinski definition) is 3. The molecule has 2 heterocycles. The molecule has 0 radical (unpaired) electrons. The summed E-state index contributed by atoms with van der Waals surface area (Å²) in [7, 11) is 0. The summed E-state index contributed by atoms with van der Waals surface area (Å²) in [6.07, 6.45) is 6.91. The Bertz CT molecular complexity index is 683. The fraction of sp³-hybridized carbons (Fsp3) is 0.696. The summed E-state index contributed by atoms with van der Waals surface area (Å²) in [4.78, 5) is 14.7. The van der Waals surface area contributed by atoms with Crippen molar-refractivity contribution in [2.75, 3.05) is 19.6 Å². The van der Waals surface area contributed by atoms with Crippen molar-refractivity contribution >= 4 is 6.29 Å². The molecule has 26 heavy (non-hydrogen) atoms. The van der Waals surface area contributed by atoms with Gasteiger partial charge in [-0.3, -0.25) is 4.90 Å². The van der Waals surface area contributed by atoms with Crippen LogP contribution in [0.5, 0.6) is 0 Å². The maximum atomic E-state index is 11.9. The van der Waals surface area contributed by atoms with Crippen molar-refractivity contribution in [3.8, 4) is 0 Å². The lowest BCUT2D eigenvalue weighted by Gasteiger charge is -2.60. The first-order valence-electron chi connectivity index (χ1n) is 10.5. The van der Waals surface area contributed by atoms with Crippen molar-refractivity contribution in [1.29, 1.82) is 0 Å². The minimum absolute atomic E-state index is 0.0308. The Balaban J connectivity index is 1.84. The van der Waals surface area contributed by atoms with Crippen molar-refractivity contribution in [3.63, 3.8) is 0 Å². The molecule has 1 saturated carbocycles. The van der Waals surface area contributed by atoms with E-state index >= 15 is 0 Å². The zero-order chi connectivity index (χ0) is 18.4. The van der Waals surface area contributed by atoms with Gasteiger partial charge in [-0.1, -0.05) is 25.1 Å². The van der Waals surface area contributed by atoms with Gasteiger partial charge in [-0.15, -0.1) is 0 Å². The Morgan fingerprint density at radius 1 is 1.31 bits per heavy atom. The van der Waals surface area contributed by atoms with E-state index < -0.39 is 0 Å². The number of carbonyl (C=O) groups excluding carboxylic acids is 1. The van der Waals surface area contributed by atoms with Gasteiger partial charge in [0, 0.05) is 31.0 Å². The number of piperidine rings is 1. The number of nitrogens with one attached hydrogen (secondary N) is 1. The van der Waals surface area contributed by atoms with Crippen LogP contribution in [0.25, 0.3) is 0 Å². The average Bonchev–Trinajstić information content (AvgIpc) is 3.42. The van der Waals surface area contributed by atoms with Gasteiger partial charge in [0.1, 0.15) is 6.29 Å². The molecule has 1 aromatic carbocycles. The van der Waals surface area contributed by atoms with Gasteiger partial charge in [-0.05, 0) is 80.6 Å². The van der Waals surface area contributed by atoms with Crippen LogP contribution in [0.15, 0.2) is 18.2 Å². The van der Waals surface area contributed by atoms with E-state index in [4.69, 9.17) is 0 Å². The van der Waals surface area contributed by atoms with Gasteiger partial charge >= 0.3 is 0 Å². The summed E-state index contributed by atoms with van der Waals surface area (Å²) < 4.78 is 0. The first kappa shape index (κ1) is 18.2. The molecule has 0 amide bonds. The normalized spacial score (nSPS) is 35.1. The molecule has 1 aromatic rings.